The van der Waals surface area contributed by atoms with E-state index in [-0.39, 0.29) is 5.56 Å². The third kappa shape index (κ3) is 3.40. The molecule has 0 aromatic heterocycles. The van der Waals surface area contributed by atoms with Crippen LogP contribution in [0.4, 0.5) is 11.4 Å². The summed E-state index contributed by atoms with van der Waals surface area (Å²) < 4.78 is 0. The standard InChI is InChI=1S/C15H22N2O2/c1-9-5-10(2)7-12(6-9)17-14-4-3-11(16)8-13(14)15(18)19/h3-4,8-10,12,17H,5-7,16H2,1-2H3,(H,18,19). The number of nitrogens with two attached hydrogens (primary N) is 1. The SMILES string of the molecule is CC1CC(C)CC(Nc2ccc(N)cc2C(=O)O)C1. The second-order valence-electron chi connectivity index (χ2n) is 5.87. The van der Waals surface area contributed by atoms with Gasteiger partial charge in [0, 0.05) is 17.4 Å². The molecule has 104 valence electrons. The van der Waals surface area contributed by atoms with E-state index in [0.29, 0.717) is 29.3 Å². The minimum Gasteiger partial charge on any atom is -0.478 e. The van der Waals surface area contributed by atoms with Gasteiger partial charge in [-0.05, 0) is 49.3 Å². The molecule has 1 aromatic carbocycles. The number of anilines is 2. The summed E-state index contributed by atoms with van der Waals surface area (Å²) in [5.41, 5.74) is 7.06. The van der Waals surface area contributed by atoms with Gasteiger partial charge in [0.25, 0.3) is 0 Å². The van der Waals surface area contributed by atoms with Gasteiger partial charge in [0.1, 0.15) is 0 Å². The lowest BCUT2D eigenvalue weighted by Gasteiger charge is -2.33. The van der Waals surface area contributed by atoms with Crippen LogP contribution in [0.2, 0.25) is 0 Å². The van der Waals surface area contributed by atoms with Crippen LogP contribution in [0.1, 0.15) is 43.5 Å². The van der Waals surface area contributed by atoms with Crippen LogP contribution in [0.25, 0.3) is 0 Å². The predicted octanol–water partition coefficient (Wildman–Crippen LogP) is 3.20. The number of hydrogen-bond acceptors (Lipinski definition) is 3. The molecule has 1 aliphatic carbocycles. The highest BCUT2D eigenvalue weighted by Crippen LogP contribution is 2.31. The van der Waals surface area contributed by atoms with Crippen molar-refractivity contribution in [2.45, 2.75) is 39.2 Å². The summed E-state index contributed by atoms with van der Waals surface area (Å²) in [7, 11) is 0. The highest BCUT2D eigenvalue weighted by molar-refractivity contribution is 5.95. The first-order valence-corrected chi connectivity index (χ1v) is 6.85. The van der Waals surface area contributed by atoms with E-state index in [1.54, 1.807) is 12.1 Å². The third-order valence-electron chi connectivity index (χ3n) is 3.81. The number of carbonyl (C=O) groups is 1. The topological polar surface area (TPSA) is 75.3 Å². The molecule has 4 nitrogen and oxygen atoms in total. The van der Waals surface area contributed by atoms with Gasteiger partial charge in [0.05, 0.1) is 5.56 Å². The van der Waals surface area contributed by atoms with E-state index in [9.17, 15) is 9.90 Å². The van der Waals surface area contributed by atoms with E-state index in [0.717, 1.165) is 12.8 Å². The molecule has 0 heterocycles. The zero-order chi connectivity index (χ0) is 14.0. The average molecular weight is 262 g/mol. The van der Waals surface area contributed by atoms with E-state index in [1.807, 2.05) is 0 Å². The maximum absolute atomic E-state index is 11.2. The zero-order valence-electron chi connectivity index (χ0n) is 11.5. The molecule has 2 rings (SSSR count). The van der Waals surface area contributed by atoms with Crippen molar-refractivity contribution in [1.82, 2.24) is 0 Å². The van der Waals surface area contributed by atoms with Crippen LogP contribution >= 0.6 is 0 Å². The van der Waals surface area contributed by atoms with Gasteiger partial charge in [-0.15, -0.1) is 0 Å². The molecule has 4 heteroatoms. The van der Waals surface area contributed by atoms with Gasteiger partial charge in [-0.25, -0.2) is 4.79 Å². The number of nitrogens with one attached hydrogen (secondary N) is 1. The molecule has 1 aliphatic rings. The maximum atomic E-state index is 11.2. The molecular weight excluding hydrogens is 240 g/mol. The fourth-order valence-corrected chi connectivity index (χ4v) is 3.15. The van der Waals surface area contributed by atoms with Crippen LogP contribution in [-0.4, -0.2) is 17.1 Å². The van der Waals surface area contributed by atoms with Crippen LogP contribution in [0.15, 0.2) is 18.2 Å². The normalized spacial score (nSPS) is 26.9. The van der Waals surface area contributed by atoms with Gasteiger partial charge >= 0.3 is 5.97 Å². The first-order chi connectivity index (χ1) is 8.95. The molecule has 0 aliphatic heterocycles. The Morgan fingerprint density at radius 2 is 1.89 bits per heavy atom. The molecule has 0 radical (unpaired) electrons. The molecule has 1 saturated carbocycles. The van der Waals surface area contributed by atoms with Crippen molar-refractivity contribution in [3.8, 4) is 0 Å². The van der Waals surface area contributed by atoms with Crippen molar-refractivity contribution in [3.05, 3.63) is 23.8 Å². The molecule has 0 spiro atoms. The number of hydrogen-bond donors (Lipinski definition) is 3. The Bertz CT molecular complexity index is 463. The molecule has 2 atom stereocenters. The molecule has 0 amide bonds. The fraction of sp³-hybridized carbons (Fsp3) is 0.533. The van der Waals surface area contributed by atoms with E-state index < -0.39 is 5.97 Å². The lowest BCUT2D eigenvalue weighted by atomic mass is 9.80. The Morgan fingerprint density at radius 3 is 2.47 bits per heavy atom. The fourth-order valence-electron chi connectivity index (χ4n) is 3.15. The Morgan fingerprint density at radius 1 is 1.26 bits per heavy atom. The van der Waals surface area contributed by atoms with E-state index in [4.69, 9.17) is 5.73 Å². The molecule has 0 bridgehead atoms. The van der Waals surface area contributed by atoms with Crippen LogP contribution < -0.4 is 11.1 Å². The first kappa shape index (κ1) is 13.7. The first-order valence-electron chi connectivity index (χ1n) is 6.85. The Kier molecular flexibility index (Phi) is 3.98. The summed E-state index contributed by atoms with van der Waals surface area (Å²) in [6, 6.07) is 5.37. The summed E-state index contributed by atoms with van der Waals surface area (Å²) in [5, 5.41) is 12.6. The molecule has 1 fully saturated rings. The Balaban J connectivity index is 2.16. The smallest absolute Gasteiger partial charge is 0.337 e. The van der Waals surface area contributed by atoms with Gasteiger partial charge in [-0.3, -0.25) is 0 Å². The van der Waals surface area contributed by atoms with Crippen molar-refractivity contribution in [3.63, 3.8) is 0 Å². The highest BCUT2D eigenvalue weighted by Gasteiger charge is 2.24. The minimum absolute atomic E-state index is 0.255. The van der Waals surface area contributed by atoms with Gasteiger partial charge in [0.15, 0.2) is 0 Å². The molecule has 4 N–H and O–H groups in total. The lowest BCUT2D eigenvalue weighted by Crippen LogP contribution is -2.30. The predicted molar refractivity (Wildman–Crippen MR) is 77.4 cm³/mol. The summed E-state index contributed by atoms with van der Waals surface area (Å²) >= 11 is 0. The largest absolute Gasteiger partial charge is 0.478 e. The third-order valence-corrected chi connectivity index (χ3v) is 3.81. The summed E-state index contributed by atoms with van der Waals surface area (Å²) in [6.07, 6.45) is 3.44. The van der Waals surface area contributed by atoms with Crippen LogP contribution in [0, 0.1) is 11.8 Å². The van der Waals surface area contributed by atoms with Gasteiger partial charge in [-0.1, -0.05) is 13.8 Å². The van der Waals surface area contributed by atoms with Gasteiger partial charge < -0.3 is 16.2 Å². The second-order valence-corrected chi connectivity index (χ2v) is 5.87. The van der Waals surface area contributed by atoms with Gasteiger partial charge in [0.2, 0.25) is 0 Å². The van der Waals surface area contributed by atoms with Crippen molar-refractivity contribution in [2.75, 3.05) is 11.1 Å². The van der Waals surface area contributed by atoms with E-state index >= 15 is 0 Å². The Labute approximate surface area is 114 Å². The zero-order valence-corrected chi connectivity index (χ0v) is 11.5. The summed E-state index contributed by atoms with van der Waals surface area (Å²) in [6.45, 7) is 4.51. The highest BCUT2D eigenvalue weighted by atomic mass is 16.4. The van der Waals surface area contributed by atoms with Crippen molar-refractivity contribution in [2.24, 2.45) is 11.8 Å². The second kappa shape index (κ2) is 5.51. The van der Waals surface area contributed by atoms with Crippen LogP contribution in [0.3, 0.4) is 0 Å². The maximum Gasteiger partial charge on any atom is 0.337 e. The van der Waals surface area contributed by atoms with Gasteiger partial charge in [-0.2, -0.15) is 0 Å². The number of benzene rings is 1. The number of aromatic carboxylic acids is 1. The number of carboxylic acid groups (broad SMARTS) is 1. The quantitative estimate of drug-likeness (QED) is 0.731. The summed E-state index contributed by atoms with van der Waals surface area (Å²) in [5.74, 6) is 0.429. The molecule has 1 aromatic rings. The molecule has 0 saturated heterocycles. The number of nitrogen functional groups attached to an aromatic ring is 1. The molecular formula is C15H22N2O2. The molecule has 2 unspecified atom stereocenters. The van der Waals surface area contributed by atoms with Crippen molar-refractivity contribution < 1.29 is 9.90 Å². The number of carboxylic acids is 1. The van der Waals surface area contributed by atoms with Crippen molar-refractivity contribution >= 4 is 17.3 Å². The van der Waals surface area contributed by atoms with Crippen LogP contribution in [-0.2, 0) is 0 Å². The summed E-state index contributed by atoms with van der Waals surface area (Å²) in [4.78, 5) is 11.2. The number of rotatable bonds is 3. The average Bonchev–Trinajstić information content (AvgIpc) is 2.30. The lowest BCUT2D eigenvalue weighted by molar-refractivity contribution is 0.0698. The van der Waals surface area contributed by atoms with E-state index in [1.165, 1.54) is 12.5 Å². The Hall–Kier alpha value is -1.71. The van der Waals surface area contributed by atoms with Crippen LogP contribution in [0.5, 0.6) is 0 Å². The minimum atomic E-state index is -0.938. The van der Waals surface area contributed by atoms with Crippen molar-refractivity contribution in [1.29, 1.82) is 0 Å². The molecule has 19 heavy (non-hydrogen) atoms. The monoisotopic (exact) mass is 262 g/mol. The van der Waals surface area contributed by atoms with E-state index in [2.05, 4.69) is 19.2 Å².